The number of likely N-dealkylation sites (tertiary alicyclic amines) is 1. The number of hydrogen-bond donors (Lipinski definition) is 2. The molecule has 21 heavy (non-hydrogen) atoms. The minimum atomic E-state index is -0.562. The average molecular weight is 305 g/mol. The van der Waals surface area contributed by atoms with Gasteiger partial charge in [0.1, 0.15) is 0 Å². The molecule has 5 heteroatoms. The van der Waals surface area contributed by atoms with Crippen LogP contribution in [0.1, 0.15) is 34.3 Å². The van der Waals surface area contributed by atoms with Crippen LogP contribution in [0.25, 0.3) is 0 Å². The Hall–Kier alpha value is -1.46. The van der Waals surface area contributed by atoms with Crippen molar-refractivity contribution in [3.63, 3.8) is 0 Å². The van der Waals surface area contributed by atoms with Crippen molar-refractivity contribution >= 4 is 23.1 Å². The number of nitrogens with zero attached hydrogens (tertiary/aromatic N) is 1. The molecule has 1 aromatic carbocycles. The molecular formula is C16H23N3OS. The first-order valence-electron chi connectivity index (χ1n) is 7.23. The Kier molecular flexibility index (Phi) is 4.64. The molecule has 1 aromatic rings. The SMILES string of the molecule is Cc1cccc(C)c1C(=O)NC1(C(N)=S)CCN(C)CC1. The second-order valence-electron chi connectivity index (χ2n) is 5.97. The number of nitrogens with one attached hydrogen (secondary N) is 1. The molecule has 1 amide bonds. The van der Waals surface area contributed by atoms with Crippen LogP contribution in [0.4, 0.5) is 0 Å². The molecule has 2 rings (SSSR count). The summed E-state index contributed by atoms with van der Waals surface area (Å²) in [4.78, 5) is 15.3. The van der Waals surface area contributed by atoms with E-state index in [0.29, 0.717) is 4.99 Å². The zero-order valence-corrected chi connectivity index (χ0v) is 13.7. The van der Waals surface area contributed by atoms with Crippen molar-refractivity contribution in [3.8, 4) is 0 Å². The fourth-order valence-electron chi connectivity index (χ4n) is 2.89. The number of piperidine rings is 1. The van der Waals surface area contributed by atoms with Gasteiger partial charge in [-0.1, -0.05) is 30.4 Å². The fourth-order valence-corrected chi connectivity index (χ4v) is 3.14. The third-order valence-corrected chi connectivity index (χ3v) is 4.76. The van der Waals surface area contributed by atoms with Gasteiger partial charge in [-0.2, -0.15) is 0 Å². The van der Waals surface area contributed by atoms with Crippen molar-refractivity contribution in [1.82, 2.24) is 10.2 Å². The lowest BCUT2D eigenvalue weighted by Crippen LogP contribution is -2.61. The van der Waals surface area contributed by atoms with E-state index in [1.54, 1.807) is 0 Å². The summed E-state index contributed by atoms with van der Waals surface area (Å²) in [5.41, 5.74) is 8.06. The van der Waals surface area contributed by atoms with E-state index < -0.39 is 5.54 Å². The number of carbonyl (C=O) groups is 1. The van der Waals surface area contributed by atoms with Gasteiger partial charge in [-0.05, 0) is 44.9 Å². The number of amides is 1. The van der Waals surface area contributed by atoms with Gasteiger partial charge in [0, 0.05) is 18.7 Å². The van der Waals surface area contributed by atoms with E-state index >= 15 is 0 Å². The van der Waals surface area contributed by atoms with Crippen LogP contribution in [0.3, 0.4) is 0 Å². The van der Waals surface area contributed by atoms with Gasteiger partial charge in [-0.25, -0.2) is 0 Å². The highest BCUT2D eigenvalue weighted by atomic mass is 32.1. The smallest absolute Gasteiger partial charge is 0.252 e. The number of rotatable bonds is 3. The van der Waals surface area contributed by atoms with Crippen LogP contribution >= 0.6 is 12.2 Å². The highest BCUT2D eigenvalue weighted by Crippen LogP contribution is 2.24. The van der Waals surface area contributed by atoms with Crippen LogP contribution in [-0.4, -0.2) is 41.5 Å². The van der Waals surface area contributed by atoms with Gasteiger partial charge < -0.3 is 16.0 Å². The zero-order valence-electron chi connectivity index (χ0n) is 12.9. The Morgan fingerprint density at radius 2 is 1.81 bits per heavy atom. The van der Waals surface area contributed by atoms with Gasteiger partial charge in [0.15, 0.2) is 0 Å². The van der Waals surface area contributed by atoms with Crippen LogP contribution in [0, 0.1) is 13.8 Å². The number of nitrogens with two attached hydrogens (primary N) is 1. The highest BCUT2D eigenvalue weighted by molar-refractivity contribution is 7.80. The second-order valence-corrected chi connectivity index (χ2v) is 6.41. The molecule has 4 nitrogen and oxygen atoms in total. The van der Waals surface area contributed by atoms with Gasteiger partial charge in [0.25, 0.3) is 5.91 Å². The first kappa shape index (κ1) is 15.9. The van der Waals surface area contributed by atoms with Crippen LogP contribution in [0.2, 0.25) is 0 Å². The predicted octanol–water partition coefficient (Wildman–Crippen LogP) is 1.78. The first-order valence-corrected chi connectivity index (χ1v) is 7.64. The van der Waals surface area contributed by atoms with Crippen molar-refractivity contribution in [2.45, 2.75) is 32.2 Å². The lowest BCUT2D eigenvalue weighted by molar-refractivity contribution is 0.0889. The Morgan fingerprint density at radius 3 is 2.29 bits per heavy atom. The predicted molar refractivity (Wildman–Crippen MR) is 89.6 cm³/mol. The molecule has 0 aliphatic carbocycles. The molecule has 0 saturated carbocycles. The quantitative estimate of drug-likeness (QED) is 0.836. The largest absolute Gasteiger partial charge is 0.391 e. The molecule has 1 heterocycles. The lowest BCUT2D eigenvalue weighted by atomic mass is 9.86. The van der Waals surface area contributed by atoms with Crippen LogP contribution < -0.4 is 11.1 Å². The van der Waals surface area contributed by atoms with E-state index in [9.17, 15) is 4.79 Å². The summed E-state index contributed by atoms with van der Waals surface area (Å²) in [5.74, 6) is -0.0806. The van der Waals surface area contributed by atoms with E-state index in [4.69, 9.17) is 18.0 Å². The lowest BCUT2D eigenvalue weighted by Gasteiger charge is -2.40. The Labute approximate surface area is 131 Å². The van der Waals surface area contributed by atoms with Crippen molar-refractivity contribution < 1.29 is 4.79 Å². The average Bonchev–Trinajstić information content (AvgIpc) is 2.41. The molecule has 0 aromatic heterocycles. The maximum atomic E-state index is 12.7. The van der Waals surface area contributed by atoms with Gasteiger partial charge in [-0.3, -0.25) is 4.79 Å². The molecule has 1 aliphatic rings. The van der Waals surface area contributed by atoms with Crippen LogP contribution in [-0.2, 0) is 0 Å². The van der Waals surface area contributed by atoms with Gasteiger partial charge in [0.05, 0.1) is 10.5 Å². The third kappa shape index (κ3) is 3.24. The molecule has 1 fully saturated rings. The minimum absolute atomic E-state index is 0.0806. The van der Waals surface area contributed by atoms with Crippen molar-refractivity contribution in [3.05, 3.63) is 34.9 Å². The molecule has 1 aliphatic heterocycles. The fraction of sp³-hybridized carbons (Fsp3) is 0.500. The standard InChI is InChI=1S/C16H23N3OS/c1-11-5-4-6-12(2)13(11)14(20)18-16(15(17)21)7-9-19(3)10-8-16/h4-6H,7-10H2,1-3H3,(H2,17,21)(H,18,20). The molecule has 0 radical (unpaired) electrons. The first-order chi connectivity index (χ1) is 9.85. The van der Waals surface area contributed by atoms with Crippen LogP contribution in [0.15, 0.2) is 18.2 Å². The Bertz CT molecular complexity index is 542. The Balaban J connectivity index is 2.26. The third-order valence-electron chi connectivity index (χ3n) is 4.37. The topological polar surface area (TPSA) is 58.4 Å². The summed E-state index contributed by atoms with van der Waals surface area (Å²) < 4.78 is 0. The van der Waals surface area contributed by atoms with E-state index in [2.05, 4.69) is 17.3 Å². The zero-order chi connectivity index (χ0) is 15.6. The molecule has 0 spiro atoms. The summed E-state index contributed by atoms with van der Waals surface area (Å²) in [5, 5.41) is 3.12. The number of hydrogen-bond acceptors (Lipinski definition) is 3. The number of thiocarbonyl (C=S) groups is 1. The summed E-state index contributed by atoms with van der Waals surface area (Å²) in [6, 6.07) is 5.86. The van der Waals surface area contributed by atoms with E-state index in [0.717, 1.165) is 42.6 Å². The second kappa shape index (κ2) is 6.12. The highest BCUT2D eigenvalue weighted by Gasteiger charge is 2.38. The monoisotopic (exact) mass is 305 g/mol. The molecule has 1 saturated heterocycles. The van der Waals surface area contributed by atoms with Gasteiger partial charge in [-0.15, -0.1) is 0 Å². The van der Waals surface area contributed by atoms with E-state index in [-0.39, 0.29) is 5.91 Å². The van der Waals surface area contributed by atoms with Crippen molar-refractivity contribution in [1.29, 1.82) is 0 Å². The summed E-state index contributed by atoms with van der Waals surface area (Å²) in [7, 11) is 2.07. The summed E-state index contributed by atoms with van der Waals surface area (Å²) >= 11 is 5.24. The van der Waals surface area contributed by atoms with Gasteiger partial charge in [0.2, 0.25) is 0 Å². The van der Waals surface area contributed by atoms with E-state index in [1.807, 2.05) is 32.0 Å². The normalized spacial score (nSPS) is 18.2. The van der Waals surface area contributed by atoms with Crippen molar-refractivity contribution in [2.24, 2.45) is 5.73 Å². The summed E-state index contributed by atoms with van der Waals surface area (Å²) in [6.45, 7) is 5.66. The van der Waals surface area contributed by atoms with E-state index in [1.165, 1.54) is 0 Å². The van der Waals surface area contributed by atoms with Crippen molar-refractivity contribution in [2.75, 3.05) is 20.1 Å². The number of benzene rings is 1. The maximum absolute atomic E-state index is 12.7. The minimum Gasteiger partial charge on any atom is -0.391 e. The Morgan fingerprint density at radius 1 is 1.29 bits per heavy atom. The molecule has 0 atom stereocenters. The molecular weight excluding hydrogens is 282 g/mol. The molecule has 0 unspecified atom stereocenters. The molecule has 3 N–H and O–H groups in total. The number of aryl methyl sites for hydroxylation is 2. The van der Waals surface area contributed by atoms with Gasteiger partial charge >= 0.3 is 0 Å². The molecule has 114 valence electrons. The maximum Gasteiger partial charge on any atom is 0.252 e. The number of carbonyl (C=O) groups excluding carboxylic acids is 1. The van der Waals surface area contributed by atoms with Crippen LogP contribution in [0.5, 0.6) is 0 Å². The summed E-state index contributed by atoms with van der Waals surface area (Å²) in [6.07, 6.45) is 1.52. The molecule has 0 bridgehead atoms.